The summed E-state index contributed by atoms with van der Waals surface area (Å²) in [5.74, 6) is -0.669. The molecule has 6 aliphatic rings. The van der Waals surface area contributed by atoms with Crippen molar-refractivity contribution in [2.24, 2.45) is 11.3 Å². The second kappa shape index (κ2) is 12.2. The highest BCUT2D eigenvalue weighted by atomic mass is 16.5. The molecular weight excluding hydrogens is 684 g/mol. The minimum Gasteiger partial charge on any atom is -0.496 e. The van der Waals surface area contributed by atoms with Crippen LogP contribution >= 0.6 is 0 Å². The van der Waals surface area contributed by atoms with Gasteiger partial charge in [-0.2, -0.15) is 0 Å². The number of fused-ring (bicyclic) bond motifs is 6. The summed E-state index contributed by atoms with van der Waals surface area (Å²) in [5.41, 5.74) is 1.24. The van der Waals surface area contributed by atoms with Gasteiger partial charge in [0.15, 0.2) is 0 Å². The van der Waals surface area contributed by atoms with Crippen molar-refractivity contribution >= 4 is 28.5 Å². The van der Waals surface area contributed by atoms with E-state index in [9.17, 15) is 15.0 Å². The zero-order valence-electron chi connectivity index (χ0n) is 32.1. The number of nitrogens with zero attached hydrogens (tertiary/aromatic N) is 3. The van der Waals surface area contributed by atoms with E-state index in [4.69, 9.17) is 14.2 Å². The van der Waals surface area contributed by atoms with Crippen LogP contribution in [-0.2, 0) is 36.4 Å². The molecule has 1 saturated carbocycles. The summed E-state index contributed by atoms with van der Waals surface area (Å²) in [4.78, 5) is 39.7. The Hall–Kier alpha value is -4.16. The first kappa shape index (κ1) is 35.5. The molecule has 2 aromatic carbocycles. The van der Waals surface area contributed by atoms with Crippen molar-refractivity contribution in [2.45, 2.75) is 80.7 Å². The van der Waals surface area contributed by atoms with Crippen LogP contribution in [0.1, 0.15) is 61.9 Å². The Balaban J connectivity index is 1.37. The first-order valence-corrected chi connectivity index (χ1v) is 19.5. The lowest BCUT2D eigenvalue weighted by Crippen LogP contribution is -2.80. The SMILES string of the molecule is CCC1=C[C@@H]2CN(C1)Cc1c([nH]c3ccccc13)[C@@](C(=O)OC)(c1cc3c(cc1OC)N(C)[C@H]1[C@@](O)(C(=O)OC)[C@H](O)[C@]4(CC)C=CCN5CC[C@]31[C@@H]54)C2. The molecule has 1 unspecified atom stereocenters. The number of aromatic nitrogens is 1. The Morgan fingerprint density at radius 3 is 2.52 bits per heavy atom. The van der Waals surface area contributed by atoms with Gasteiger partial charge in [-0.1, -0.05) is 55.8 Å². The molecule has 11 heteroatoms. The number of aliphatic hydroxyl groups is 2. The average molecular weight is 737 g/mol. The second-order valence-corrected chi connectivity index (χ2v) is 16.6. The van der Waals surface area contributed by atoms with Crippen LogP contribution in [0.3, 0.4) is 0 Å². The van der Waals surface area contributed by atoms with Gasteiger partial charge in [-0.3, -0.25) is 14.6 Å². The van der Waals surface area contributed by atoms with E-state index in [0.717, 1.165) is 52.9 Å². The Kier molecular flexibility index (Phi) is 8.01. The lowest BCUT2D eigenvalue weighted by atomic mass is 9.47. The molecule has 3 aromatic rings. The van der Waals surface area contributed by atoms with Crippen molar-refractivity contribution in [3.05, 3.63) is 82.6 Å². The Morgan fingerprint density at radius 2 is 1.80 bits per heavy atom. The van der Waals surface area contributed by atoms with Gasteiger partial charge in [0.25, 0.3) is 0 Å². The van der Waals surface area contributed by atoms with E-state index >= 15 is 4.79 Å². The third kappa shape index (κ3) is 4.21. The minimum absolute atomic E-state index is 0.0475. The summed E-state index contributed by atoms with van der Waals surface area (Å²) in [7, 11) is 6.24. The Labute approximate surface area is 316 Å². The lowest BCUT2D eigenvalue weighted by Gasteiger charge is -2.63. The molecule has 1 aliphatic carbocycles. The molecule has 3 N–H and O–H groups in total. The monoisotopic (exact) mass is 736 g/mol. The van der Waals surface area contributed by atoms with E-state index in [1.54, 1.807) is 7.11 Å². The molecule has 2 fully saturated rings. The zero-order chi connectivity index (χ0) is 37.9. The summed E-state index contributed by atoms with van der Waals surface area (Å²) < 4.78 is 17.6. The third-order valence-corrected chi connectivity index (χ3v) is 14.5. The highest BCUT2D eigenvalue weighted by Gasteiger charge is 2.79. The fourth-order valence-electron chi connectivity index (χ4n) is 12.5. The van der Waals surface area contributed by atoms with Gasteiger partial charge in [0.2, 0.25) is 5.60 Å². The maximum absolute atomic E-state index is 15.1. The van der Waals surface area contributed by atoms with Crippen LogP contribution in [-0.4, -0.2) is 115 Å². The number of esters is 2. The average Bonchev–Trinajstić information content (AvgIpc) is 3.84. The number of para-hydroxylation sites is 1. The van der Waals surface area contributed by atoms with Crippen molar-refractivity contribution in [1.82, 2.24) is 14.8 Å². The van der Waals surface area contributed by atoms with Gasteiger partial charge in [0.05, 0.1) is 27.4 Å². The van der Waals surface area contributed by atoms with Crippen LogP contribution < -0.4 is 9.64 Å². The number of hydrogen-bond donors (Lipinski definition) is 3. The number of anilines is 1. The van der Waals surface area contributed by atoms with Crippen molar-refractivity contribution < 1.29 is 34.0 Å². The van der Waals surface area contributed by atoms with Crippen LogP contribution in [0.15, 0.2) is 60.2 Å². The first-order chi connectivity index (χ1) is 26.0. The molecule has 6 heterocycles. The summed E-state index contributed by atoms with van der Waals surface area (Å²) in [6.07, 6.45) is 7.52. The van der Waals surface area contributed by atoms with Gasteiger partial charge >= 0.3 is 11.9 Å². The lowest BCUT2D eigenvalue weighted by molar-refractivity contribution is -0.218. The number of hydrogen-bond acceptors (Lipinski definition) is 10. The zero-order valence-corrected chi connectivity index (χ0v) is 32.1. The molecule has 9 rings (SSSR count). The van der Waals surface area contributed by atoms with Crippen LogP contribution in [0, 0.1) is 11.3 Å². The predicted molar refractivity (Wildman–Crippen MR) is 205 cm³/mol. The standard InChI is InChI=1S/C43H52N4O7/c1-7-25-18-26-21-42(38(49)53-5,34-28(24-46(22-25)23-26)27-12-9-10-13-31(27)44-34)30-19-29-32(20-33(30)52-4)45(3)36-41(29)15-17-47-16-11-14-40(8-2,35(41)47)37(48)43(36,51)39(50)54-6/h9-14,18-20,26,35-37,44,48,51H,7-8,15-17,21-24H2,1-6H3/t26-,35-,36+,37+,40+,41+,42-,43-/m0/s1. The van der Waals surface area contributed by atoms with E-state index in [2.05, 4.69) is 52.1 Å². The number of nitrogens with one attached hydrogen (secondary N) is 1. The van der Waals surface area contributed by atoms with Gasteiger partial charge in [-0.05, 0) is 61.4 Å². The fourth-order valence-corrected chi connectivity index (χ4v) is 12.5. The minimum atomic E-state index is -2.27. The number of methoxy groups -OCH3 is 3. The van der Waals surface area contributed by atoms with Crippen LogP contribution in [0.25, 0.3) is 10.9 Å². The molecule has 1 aromatic heterocycles. The molecule has 2 bridgehead atoms. The van der Waals surface area contributed by atoms with E-state index < -0.39 is 40.0 Å². The predicted octanol–water partition coefficient (Wildman–Crippen LogP) is 4.18. The molecule has 1 spiro atoms. The third-order valence-electron chi connectivity index (χ3n) is 14.5. The molecule has 1 saturated heterocycles. The topological polar surface area (TPSA) is 128 Å². The smallest absolute Gasteiger partial charge is 0.342 e. The van der Waals surface area contributed by atoms with Crippen molar-refractivity contribution in [3.8, 4) is 5.75 Å². The largest absolute Gasteiger partial charge is 0.496 e. The van der Waals surface area contributed by atoms with E-state index in [-0.39, 0.29) is 17.9 Å². The second-order valence-electron chi connectivity index (χ2n) is 16.6. The molecule has 286 valence electrons. The maximum Gasteiger partial charge on any atom is 0.342 e. The number of H-pyrrole nitrogens is 1. The van der Waals surface area contributed by atoms with E-state index in [1.165, 1.54) is 19.8 Å². The normalized spacial score (nSPS) is 36.3. The van der Waals surface area contributed by atoms with Crippen molar-refractivity contribution in [3.63, 3.8) is 0 Å². The summed E-state index contributed by atoms with van der Waals surface area (Å²) >= 11 is 0. The Bertz CT molecular complexity index is 2130. The van der Waals surface area contributed by atoms with E-state index in [0.29, 0.717) is 50.2 Å². The highest BCUT2D eigenvalue weighted by molar-refractivity contribution is 5.95. The van der Waals surface area contributed by atoms with Gasteiger partial charge in [0, 0.05) is 84.0 Å². The van der Waals surface area contributed by atoms with Crippen molar-refractivity contribution in [2.75, 3.05) is 59.5 Å². The number of aliphatic hydroxyl groups excluding tert-OH is 1. The number of ether oxygens (including phenoxy) is 3. The summed E-state index contributed by atoms with van der Waals surface area (Å²) in [6, 6.07) is 11.3. The number of carbonyl (C=O) groups is 2. The van der Waals surface area contributed by atoms with Crippen LogP contribution in [0.2, 0.25) is 0 Å². The van der Waals surface area contributed by atoms with E-state index in [1.807, 2.05) is 43.1 Å². The Morgan fingerprint density at radius 1 is 1.02 bits per heavy atom. The maximum atomic E-state index is 15.1. The molecule has 5 aliphatic heterocycles. The number of rotatable bonds is 6. The summed E-state index contributed by atoms with van der Waals surface area (Å²) in [6.45, 7) is 7.97. The highest BCUT2D eigenvalue weighted by Crippen LogP contribution is 2.67. The first-order valence-electron chi connectivity index (χ1n) is 19.5. The quantitative estimate of drug-likeness (QED) is 0.251. The molecular formula is C43H52N4O7. The molecule has 0 amide bonds. The van der Waals surface area contributed by atoms with Crippen LogP contribution in [0.4, 0.5) is 5.69 Å². The van der Waals surface area contributed by atoms with Crippen molar-refractivity contribution in [1.29, 1.82) is 0 Å². The number of aromatic amines is 1. The van der Waals surface area contributed by atoms with Gasteiger partial charge in [-0.15, -0.1) is 0 Å². The van der Waals surface area contributed by atoms with Gasteiger partial charge in [-0.25, -0.2) is 4.79 Å². The number of carbonyl (C=O) groups excluding carboxylic acids is 2. The molecule has 54 heavy (non-hydrogen) atoms. The molecule has 0 radical (unpaired) electrons. The molecule has 11 nitrogen and oxygen atoms in total. The van der Waals surface area contributed by atoms with Gasteiger partial charge in [0.1, 0.15) is 17.3 Å². The fraction of sp³-hybridized carbons (Fsp3) is 0.535. The number of benzene rings is 2. The van der Waals surface area contributed by atoms with Gasteiger partial charge < -0.3 is 34.3 Å². The molecule has 9 atom stereocenters. The summed E-state index contributed by atoms with van der Waals surface area (Å²) in [5, 5.41) is 26.3. The van der Waals surface area contributed by atoms with Crippen LogP contribution in [0.5, 0.6) is 5.75 Å². The number of likely N-dealkylation sites (N-methyl/N-ethyl adjacent to an activating group) is 1.